The topological polar surface area (TPSA) is 90.5 Å². The highest BCUT2D eigenvalue weighted by atomic mass is 19.4. The van der Waals surface area contributed by atoms with Crippen LogP contribution < -0.4 is 16.2 Å². The van der Waals surface area contributed by atoms with Gasteiger partial charge in [0.25, 0.3) is 11.8 Å². The third-order valence-electron chi connectivity index (χ3n) is 7.30. The van der Waals surface area contributed by atoms with E-state index in [1.807, 2.05) is 13.8 Å². The summed E-state index contributed by atoms with van der Waals surface area (Å²) < 4.78 is 79.5. The van der Waals surface area contributed by atoms with Crippen LogP contribution >= 0.6 is 0 Å². The molecular weight excluding hydrogens is 482 g/mol. The molecule has 1 aromatic rings. The summed E-state index contributed by atoms with van der Waals surface area (Å²) in [5, 5.41) is 2.65. The van der Waals surface area contributed by atoms with E-state index in [-0.39, 0.29) is 48.2 Å². The number of carbonyl (C=O) groups excluding carboxylic acids is 3. The van der Waals surface area contributed by atoms with Crippen LogP contribution in [0.25, 0.3) is 0 Å². The predicted octanol–water partition coefficient (Wildman–Crippen LogP) is 2.58. The van der Waals surface area contributed by atoms with E-state index >= 15 is 0 Å². The highest BCUT2D eigenvalue weighted by molar-refractivity contribution is 5.99. The molecule has 2 aliphatic heterocycles. The minimum absolute atomic E-state index is 0.0250. The first kappa shape index (κ1) is 25.3. The molecule has 4 rings (SSSR count). The number of halogens is 6. The fourth-order valence-electron chi connectivity index (χ4n) is 5.21. The molecule has 0 spiro atoms. The zero-order chi connectivity index (χ0) is 25.9. The van der Waals surface area contributed by atoms with Crippen molar-refractivity contribution in [3.05, 3.63) is 34.9 Å². The summed E-state index contributed by atoms with van der Waals surface area (Å²) in [5.41, 5.74) is 0.799. The summed E-state index contributed by atoms with van der Waals surface area (Å²) in [6, 6.07) is -0.387. The smallest absolute Gasteiger partial charge is 0.356 e. The van der Waals surface area contributed by atoms with Gasteiger partial charge < -0.3 is 10.2 Å². The molecule has 1 aliphatic carbocycles. The van der Waals surface area contributed by atoms with Crippen molar-refractivity contribution in [1.29, 1.82) is 0 Å². The molecule has 192 valence electrons. The molecule has 1 saturated carbocycles. The van der Waals surface area contributed by atoms with E-state index in [1.165, 1.54) is 0 Å². The number of likely N-dealkylation sites (tertiary alicyclic amines) is 1. The Morgan fingerprint density at radius 2 is 1.69 bits per heavy atom. The molecular formula is C22H24F6N4O3. The maximum absolute atomic E-state index is 13.3. The number of piperidine rings is 1. The first-order chi connectivity index (χ1) is 16.1. The third-order valence-corrected chi connectivity index (χ3v) is 7.30. The van der Waals surface area contributed by atoms with E-state index in [9.17, 15) is 40.7 Å². The minimum atomic E-state index is -5.10. The Bertz CT molecular complexity index is 1020. The fraction of sp³-hybridized carbons (Fsp3) is 0.591. The Labute approximate surface area is 196 Å². The van der Waals surface area contributed by atoms with Gasteiger partial charge in [0.1, 0.15) is 6.04 Å². The lowest BCUT2D eigenvalue weighted by Gasteiger charge is -2.30. The number of hydrogen-bond donors (Lipinski definition) is 3. The average molecular weight is 506 g/mol. The van der Waals surface area contributed by atoms with Gasteiger partial charge in [-0.15, -0.1) is 0 Å². The lowest BCUT2D eigenvalue weighted by molar-refractivity contribution is -0.143. The van der Waals surface area contributed by atoms with Crippen LogP contribution in [0.15, 0.2) is 18.2 Å². The Kier molecular flexibility index (Phi) is 6.05. The first-order valence-electron chi connectivity index (χ1n) is 11.0. The molecule has 0 bridgehead atoms. The Morgan fingerprint density at radius 3 is 2.20 bits per heavy atom. The SMILES string of the molecule is CC1(C)[C@@H]2[C@@H](C(=O)NNC[C@@H]3CCNC3=O)N(C(=O)c3cc(C(F)(F)F)cc(C(F)(F)F)c3)C[C@@H]21. The van der Waals surface area contributed by atoms with Crippen molar-refractivity contribution < 1.29 is 40.7 Å². The summed E-state index contributed by atoms with van der Waals surface area (Å²) >= 11 is 0. The number of amides is 3. The second kappa shape index (κ2) is 8.38. The maximum Gasteiger partial charge on any atom is 0.416 e. The number of nitrogens with zero attached hydrogens (tertiary/aromatic N) is 1. The molecule has 2 heterocycles. The molecule has 3 fully saturated rings. The monoisotopic (exact) mass is 506 g/mol. The third kappa shape index (κ3) is 4.69. The molecule has 0 radical (unpaired) electrons. The van der Waals surface area contributed by atoms with Gasteiger partial charge in [0.15, 0.2) is 0 Å². The molecule has 3 N–H and O–H groups in total. The Balaban J connectivity index is 1.56. The summed E-state index contributed by atoms with van der Waals surface area (Å²) in [7, 11) is 0. The van der Waals surface area contributed by atoms with Crippen molar-refractivity contribution in [2.24, 2.45) is 23.2 Å². The van der Waals surface area contributed by atoms with E-state index < -0.39 is 46.9 Å². The van der Waals surface area contributed by atoms with Crippen molar-refractivity contribution in [3.63, 3.8) is 0 Å². The van der Waals surface area contributed by atoms with E-state index in [4.69, 9.17) is 0 Å². The predicted molar refractivity (Wildman–Crippen MR) is 109 cm³/mol. The molecule has 4 atom stereocenters. The second-order valence-electron chi connectivity index (χ2n) is 9.80. The normalized spacial score (nSPS) is 27.4. The molecule has 3 amide bonds. The minimum Gasteiger partial charge on any atom is -0.356 e. The largest absolute Gasteiger partial charge is 0.416 e. The molecule has 0 unspecified atom stereocenters. The highest BCUT2D eigenvalue weighted by Crippen LogP contribution is 2.65. The Hall–Kier alpha value is -2.83. The van der Waals surface area contributed by atoms with E-state index in [0.29, 0.717) is 25.1 Å². The molecule has 3 aliphatic rings. The van der Waals surface area contributed by atoms with Crippen LogP contribution in [0, 0.1) is 23.2 Å². The maximum atomic E-state index is 13.3. The molecule has 13 heteroatoms. The van der Waals surface area contributed by atoms with E-state index in [2.05, 4.69) is 16.2 Å². The van der Waals surface area contributed by atoms with E-state index in [1.54, 1.807) is 0 Å². The van der Waals surface area contributed by atoms with Crippen LogP contribution in [-0.4, -0.2) is 48.3 Å². The van der Waals surface area contributed by atoms with Crippen LogP contribution in [0.3, 0.4) is 0 Å². The number of hydrazine groups is 1. The van der Waals surface area contributed by atoms with Crippen molar-refractivity contribution in [3.8, 4) is 0 Å². The lowest BCUT2D eigenvalue weighted by Crippen LogP contribution is -2.53. The molecule has 35 heavy (non-hydrogen) atoms. The summed E-state index contributed by atoms with van der Waals surface area (Å²) in [5.74, 6) is -2.69. The Morgan fingerprint density at radius 1 is 1.09 bits per heavy atom. The molecule has 1 aromatic carbocycles. The summed E-state index contributed by atoms with van der Waals surface area (Å²) in [4.78, 5) is 38.9. The van der Waals surface area contributed by atoms with Crippen LogP contribution in [0.4, 0.5) is 26.3 Å². The number of carbonyl (C=O) groups is 3. The quantitative estimate of drug-likeness (QED) is 0.423. The van der Waals surface area contributed by atoms with Gasteiger partial charge in [-0.05, 0) is 41.9 Å². The average Bonchev–Trinajstić information content (AvgIpc) is 3.11. The second-order valence-corrected chi connectivity index (χ2v) is 9.80. The van der Waals surface area contributed by atoms with Gasteiger partial charge >= 0.3 is 12.4 Å². The fourth-order valence-corrected chi connectivity index (χ4v) is 5.21. The molecule has 2 saturated heterocycles. The van der Waals surface area contributed by atoms with Gasteiger partial charge in [-0.1, -0.05) is 13.8 Å². The van der Waals surface area contributed by atoms with Gasteiger partial charge in [0.05, 0.1) is 17.0 Å². The van der Waals surface area contributed by atoms with Gasteiger partial charge in [0, 0.05) is 25.2 Å². The zero-order valence-corrected chi connectivity index (χ0v) is 18.8. The zero-order valence-electron chi connectivity index (χ0n) is 18.8. The van der Waals surface area contributed by atoms with E-state index in [0.717, 1.165) is 4.90 Å². The van der Waals surface area contributed by atoms with Gasteiger partial charge in [-0.3, -0.25) is 19.8 Å². The summed E-state index contributed by atoms with van der Waals surface area (Å²) in [6.07, 6.45) is -9.62. The number of hydrogen-bond acceptors (Lipinski definition) is 4. The van der Waals surface area contributed by atoms with Gasteiger partial charge in [-0.25, -0.2) is 5.43 Å². The van der Waals surface area contributed by atoms with Crippen LogP contribution in [-0.2, 0) is 21.9 Å². The van der Waals surface area contributed by atoms with Crippen LogP contribution in [0.5, 0.6) is 0 Å². The standard InChI is InChI=1S/C22H24F6N4O3/c1-20(2)14-9-32(16(15(14)20)18(34)31-30-8-10-3-4-29-17(10)33)19(35)11-5-12(21(23,24)25)7-13(6-11)22(26,27)28/h5-7,10,14-16,30H,3-4,8-9H2,1-2H3,(H,29,33)(H,31,34)/t10-,14-,15-,16-/m0/s1. The molecule has 0 aromatic heterocycles. The first-order valence-corrected chi connectivity index (χ1v) is 11.0. The lowest BCUT2D eigenvalue weighted by atomic mass is 9.98. The van der Waals surface area contributed by atoms with Crippen LogP contribution in [0.2, 0.25) is 0 Å². The van der Waals surface area contributed by atoms with Crippen molar-refractivity contribution in [1.82, 2.24) is 21.1 Å². The van der Waals surface area contributed by atoms with Crippen molar-refractivity contribution in [2.45, 2.75) is 38.7 Å². The van der Waals surface area contributed by atoms with Crippen molar-refractivity contribution in [2.75, 3.05) is 19.6 Å². The highest BCUT2D eigenvalue weighted by Gasteiger charge is 2.69. The van der Waals surface area contributed by atoms with Crippen molar-refractivity contribution >= 4 is 17.7 Å². The molecule has 7 nitrogen and oxygen atoms in total. The summed E-state index contributed by atoms with van der Waals surface area (Å²) in [6.45, 7) is 4.44. The number of alkyl halides is 6. The number of benzene rings is 1. The number of rotatable bonds is 5. The number of fused-ring (bicyclic) bond motifs is 1. The van der Waals surface area contributed by atoms with Gasteiger partial charge in [-0.2, -0.15) is 26.3 Å². The van der Waals surface area contributed by atoms with Crippen LogP contribution in [0.1, 0.15) is 41.8 Å². The number of nitrogens with one attached hydrogen (secondary N) is 3. The van der Waals surface area contributed by atoms with Gasteiger partial charge in [0.2, 0.25) is 5.91 Å².